The zero-order chi connectivity index (χ0) is 20.3. The first-order valence-corrected chi connectivity index (χ1v) is 11.1. The first kappa shape index (κ1) is 20.8. The average molecular weight is 426 g/mol. The second-order valence-electron chi connectivity index (χ2n) is 6.63. The van der Waals surface area contributed by atoms with E-state index in [1.807, 2.05) is 4.68 Å². The fraction of sp³-hybridized carbons (Fsp3) is 0.500. The quantitative estimate of drug-likeness (QED) is 0.709. The summed E-state index contributed by atoms with van der Waals surface area (Å²) in [5, 5.41) is 4.28. The van der Waals surface area contributed by atoms with Gasteiger partial charge in [-0.1, -0.05) is 25.4 Å². The summed E-state index contributed by atoms with van der Waals surface area (Å²) in [6.07, 6.45) is 4.73. The molecule has 0 aliphatic carbocycles. The van der Waals surface area contributed by atoms with Crippen LogP contribution in [0.5, 0.6) is 0 Å². The van der Waals surface area contributed by atoms with E-state index in [9.17, 15) is 13.2 Å². The van der Waals surface area contributed by atoms with Gasteiger partial charge in [-0.2, -0.15) is 9.40 Å². The number of carbonyl (C=O) groups is 1. The number of nitrogens with zero attached hydrogens (tertiary/aromatic N) is 5. The molecule has 1 aromatic heterocycles. The Morgan fingerprint density at radius 1 is 1.25 bits per heavy atom. The number of carbonyl (C=O) groups excluding carboxylic acids is 1. The number of hydrogen-bond acceptors (Lipinski definition) is 5. The van der Waals surface area contributed by atoms with Crippen molar-refractivity contribution < 1.29 is 13.2 Å². The summed E-state index contributed by atoms with van der Waals surface area (Å²) in [4.78, 5) is 18.6. The number of likely N-dealkylation sites (tertiary alicyclic amines) is 1. The van der Waals surface area contributed by atoms with Crippen LogP contribution in [0.15, 0.2) is 35.7 Å². The topological polar surface area (TPSA) is 88.4 Å². The molecular formula is C18H24ClN5O3S. The van der Waals surface area contributed by atoms with Crippen molar-refractivity contribution in [1.29, 1.82) is 0 Å². The molecule has 28 heavy (non-hydrogen) atoms. The van der Waals surface area contributed by atoms with E-state index in [2.05, 4.69) is 10.1 Å². The molecule has 152 valence electrons. The number of amides is 1. The Morgan fingerprint density at radius 3 is 2.50 bits per heavy atom. The fourth-order valence-electron chi connectivity index (χ4n) is 3.46. The van der Waals surface area contributed by atoms with Crippen molar-refractivity contribution in [3.63, 3.8) is 0 Å². The molecule has 2 aromatic rings. The number of rotatable bonds is 6. The summed E-state index contributed by atoms with van der Waals surface area (Å²) in [6, 6.07) is 4.67. The molecule has 1 amide bonds. The Kier molecular flexibility index (Phi) is 6.36. The van der Waals surface area contributed by atoms with Crippen molar-refractivity contribution in [2.24, 2.45) is 0 Å². The third-order valence-electron chi connectivity index (χ3n) is 5.06. The van der Waals surface area contributed by atoms with Gasteiger partial charge in [-0.3, -0.25) is 4.79 Å². The predicted molar refractivity (Wildman–Crippen MR) is 106 cm³/mol. The van der Waals surface area contributed by atoms with Crippen LogP contribution in [0.1, 0.15) is 43.1 Å². The van der Waals surface area contributed by atoms with E-state index in [1.54, 1.807) is 31.1 Å². The molecular weight excluding hydrogens is 402 g/mol. The largest absolute Gasteiger partial charge is 0.338 e. The summed E-state index contributed by atoms with van der Waals surface area (Å²) in [5.41, 5.74) is 0.328. The lowest BCUT2D eigenvalue weighted by Gasteiger charge is -2.32. The van der Waals surface area contributed by atoms with E-state index >= 15 is 0 Å². The van der Waals surface area contributed by atoms with Gasteiger partial charge in [0.1, 0.15) is 17.6 Å². The van der Waals surface area contributed by atoms with E-state index < -0.39 is 10.0 Å². The maximum Gasteiger partial charge on any atom is 0.253 e. The van der Waals surface area contributed by atoms with Crippen molar-refractivity contribution in [3.05, 3.63) is 41.4 Å². The van der Waals surface area contributed by atoms with Gasteiger partial charge < -0.3 is 4.90 Å². The van der Waals surface area contributed by atoms with Crippen molar-refractivity contribution in [3.8, 4) is 0 Å². The molecule has 1 fully saturated rings. The molecule has 0 N–H and O–H groups in total. The van der Waals surface area contributed by atoms with Crippen LogP contribution >= 0.6 is 11.6 Å². The van der Waals surface area contributed by atoms with Crippen LogP contribution in [0.4, 0.5) is 0 Å². The molecule has 10 heteroatoms. The number of benzene rings is 1. The van der Waals surface area contributed by atoms with Crippen LogP contribution in [0, 0.1) is 0 Å². The zero-order valence-electron chi connectivity index (χ0n) is 16.0. The van der Waals surface area contributed by atoms with Gasteiger partial charge in [0, 0.05) is 31.7 Å². The average Bonchev–Trinajstić information content (AvgIpc) is 3.23. The molecule has 0 spiro atoms. The van der Waals surface area contributed by atoms with Gasteiger partial charge in [0.05, 0.1) is 11.1 Å². The molecule has 1 aromatic carbocycles. The summed E-state index contributed by atoms with van der Waals surface area (Å²) >= 11 is 6.16. The van der Waals surface area contributed by atoms with Crippen LogP contribution < -0.4 is 0 Å². The molecule has 1 aliphatic rings. The third-order valence-corrected chi connectivity index (χ3v) is 7.60. The van der Waals surface area contributed by atoms with Crippen LogP contribution in [0.25, 0.3) is 0 Å². The minimum absolute atomic E-state index is 0.0266. The van der Waals surface area contributed by atoms with E-state index in [0.717, 1.165) is 12.8 Å². The standard InChI is InChI=1S/C18H24ClN5O3S/c1-3-23(4-2)28(26,27)17-11-14(5-6-16(17)19)18(25)22-9-7-15(8-10-22)24-13-20-12-21-24/h5-6,11-13,15H,3-4,7-10H2,1-2H3. The van der Waals surface area contributed by atoms with E-state index in [-0.39, 0.29) is 21.9 Å². The van der Waals surface area contributed by atoms with Gasteiger partial charge >= 0.3 is 0 Å². The van der Waals surface area contributed by atoms with Crippen molar-refractivity contribution in [2.75, 3.05) is 26.2 Å². The lowest BCUT2D eigenvalue weighted by atomic mass is 10.0. The first-order valence-electron chi connectivity index (χ1n) is 9.31. The number of sulfonamides is 1. The third kappa shape index (κ3) is 4.06. The highest BCUT2D eigenvalue weighted by molar-refractivity contribution is 7.89. The minimum Gasteiger partial charge on any atom is -0.338 e. The fourth-order valence-corrected chi connectivity index (χ4v) is 5.42. The number of halogens is 1. The molecule has 2 heterocycles. The molecule has 0 bridgehead atoms. The molecule has 1 saturated heterocycles. The Bertz CT molecular complexity index is 921. The highest BCUT2D eigenvalue weighted by Gasteiger charge is 2.28. The van der Waals surface area contributed by atoms with E-state index in [1.165, 1.54) is 22.8 Å². The minimum atomic E-state index is -3.74. The van der Waals surface area contributed by atoms with E-state index in [4.69, 9.17) is 11.6 Å². The predicted octanol–water partition coefficient (Wildman–Crippen LogP) is 2.44. The van der Waals surface area contributed by atoms with Crippen molar-refractivity contribution in [2.45, 2.75) is 37.6 Å². The second kappa shape index (κ2) is 8.59. The van der Waals surface area contributed by atoms with Crippen molar-refractivity contribution >= 4 is 27.5 Å². The maximum absolute atomic E-state index is 12.9. The smallest absolute Gasteiger partial charge is 0.253 e. The molecule has 0 saturated carbocycles. The summed E-state index contributed by atoms with van der Waals surface area (Å²) < 4.78 is 28.8. The first-order chi connectivity index (χ1) is 13.4. The lowest BCUT2D eigenvalue weighted by molar-refractivity contribution is 0.0689. The van der Waals surface area contributed by atoms with Gasteiger partial charge in [-0.15, -0.1) is 0 Å². The van der Waals surface area contributed by atoms with Crippen LogP contribution in [0.3, 0.4) is 0 Å². The highest BCUT2D eigenvalue weighted by Crippen LogP contribution is 2.28. The van der Waals surface area contributed by atoms with Crippen molar-refractivity contribution in [1.82, 2.24) is 24.0 Å². The van der Waals surface area contributed by atoms with Gasteiger partial charge in [-0.25, -0.2) is 18.1 Å². The monoisotopic (exact) mass is 425 g/mol. The van der Waals surface area contributed by atoms with Gasteiger partial charge in [-0.05, 0) is 31.0 Å². The van der Waals surface area contributed by atoms with Crippen LogP contribution in [-0.2, 0) is 10.0 Å². The SMILES string of the molecule is CCN(CC)S(=O)(=O)c1cc(C(=O)N2CCC(n3cncn3)CC2)ccc1Cl. The summed E-state index contributed by atoms with van der Waals surface area (Å²) in [7, 11) is -3.74. The molecule has 0 radical (unpaired) electrons. The Morgan fingerprint density at radius 2 is 1.93 bits per heavy atom. The zero-order valence-corrected chi connectivity index (χ0v) is 17.5. The van der Waals surface area contributed by atoms with Gasteiger partial charge in [0.25, 0.3) is 5.91 Å². The second-order valence-corrected chi connectivity index (χ2v) is 8.95. The molecule has 3 rings (SSSR count). The Balaban J connectivity index is 1.78. The Hall–Kier alpha value is -1.97. The lowest BCUT2D eigenvalue weighted by Crippen LogP contribution is -2.39. The van der Waals surface area contributed by atoms with Gasteiger partial charge in [0.15, 0.2) is 0 Å². The van der Waals surface area contributed by atoms with Gasteiger partial charge in [0.2, 0.25) is 10.0 Å². The highest BCUT2D eigenvalue weighted by atomic mass is 35.5. The Labute approximate surface area is 170 Å². The normalized spacial score (nSPS) is 15.9. The van der Waals surface area contributed by atoms with Crippen LogP contribution in [0.2, 0.25) is 5.02 Å². The maximum atomic E-state index is 12.9. The molecule has 0 atom stereocenters. The summed E-state index contributed by atoms with van der Waals surface area (Å²) in [6.45, 7) is 5.35. The molecule has 8 nitrogen and oxygen atoms in total. The summed E-state index contributed by atoms with van der Waals surface area (Å²) in [5.74, 6) is -0.190. The molecule has 1 aliphatic heterocycles. The van der Waals surface area contributed by atoms with E-state index in [0.29, 0.717) is 31.7 Å². The van der Waals surface area contributed by atoms with Crippen LogP contribution in [-0.4, -0.2) is 64.5 Å². The number of aromatic nitrogens is 3. The molecule has 0 unspecified atom stereocenters. The number of piperidine rings is 1. The number of hydrogen-bond donors (Lipinski definition) is 0.